The maximum absolute atomic E-state index is 12.0. The van der Waals surface area contributed by atoms with Gasteiger partial charge in [0.05, 0.1) is 11.9 Å². The van der Waals surface area contributed by atoms with Crippen LogP contribution in [0, 0.1) is 0 Å². The fraction of sp³-hybridized carbons (Fsp3) is 0. The molecule has 0 saturated heterocycles. The summed E-state index contributed by atoms with van der Waals surface area (Å²) in [6, 6.07) is 21.6. The molecule has 1 N–H and O–H groups in total. The van der Waals surface area contributed by atoms with E-state index in [-0.39, 0.29) is 5.91 Å². The van der Waals surface area contributed by atoms with Gasteiger partial charge in [0, 0.05) is 11.1 Å². The maximum atomic E-state index is 12.0. The predicted molar refractivity (Wildman–Crippen MR) is 93.2 cm³/mol. The molecule has 1 amide bonds. The molecule has 4 rings (SSSR count). The lowest BCUT2D eigenvalue weighted by Crippen LogP contribution is -2.13. The molecule has 0 aromatic heterocycles. The summed E-state index contributed by atoms with van der Waals surface area (Å²) in [7, 11) is 0. The minimum atomic E-state index is -0.221. The molecule has 4 heteroatoms. The topological polar surface area (TPSA) is 53.8 Å². The number of nitrogens with zero attached hydrogens (tertiary/aromatic N) is 2. The number of anilines is 1. The van der Waals surface area contributed by atoms with Gasteiger partial charge < -0.3 is 5.32 Å². The van der Waals surface area contributed by atoms with Gasteiger partial charge >= 0.3 is 0 Å². The molecule has 0 saturated carbocycles. The van der Waals surface area contributed by atoms with Gasteiger partial charge in [0.25, 0.3) is 5.91 Å². The van der Waals surface area contributed by atoms with E-state index in [1.807, 2.05) is 54.6 Å². The molecule has 0 spiro atoms. The lowest BCUT2D eigenvalue weighted by Gasteiger charge is -2.00. The van der Waals surface area contributed by atoms with Crippen molar-refractivity contribution in [3.63, 3.8) is 0 Å². The van der Waals surface area contributed by atoms with Gasteiger partial charge in [-0.15, -0.1) is 5.10 Å². The highest BCUT2D eigenvalue weighted by Crippen LogP contribution is 2.23. The summed E-state index contributed by atoms with van der Waals surface area (Å²) >= 11 is 0. The number of benzene rings is 3. The van der Waals surface area contributed by atoms with Gasteiger partial charge in [-0.2, -0.15) is 5.10 Å². The van der Waals surface area contributed by atoms with E-state index in [1.165, 1.54) is 0 Å². The van der Waals surface area contributed by atoms with Crippen molar-refractivity contribution in [3.8, 4) is 0 Å². The van der Waals surface area contributed by atoms with Crippen molar-refractivity contribution in [2.75, 3.05) is 5.32 Å². The highest BCUT2D eigenvalue weighted by atomic mass is 16.2. The van der Waals surface area contributed by atoms with Gasteiger partial charge in [0.15, 0.2) is 5.71 Å². The highest BCUT2D eigenvalue weighted by molar-refractivity contribution is 6.53. The van der Waals surface area contributed by atoms with Gasteiger partial charge in [-0.3, -0.25) is 4.79 Å². The second kappa shape index (κ2) is 5.50. The third-order valence-electron chi connectivity index (χ3n) is 3.82. The zero-order chi connectivity index (χ0) is 15.6. The number of carbonyl (C=O) groups excluding carboxylic acids is 1. The molecule has 0 aliphatic carbocycles. The van der Waals surface area contributed by atoms with Crippen LogP contribution in [-0.4, -0.2) is 17.8 Å². The first-order valence-electron chi connectivity index (χ1n) is 7.32. The number of hydrogen-bond donors (Lipinski definition) is 1. The van der Waals surface area contributed by atoms with Crippen LogP contribution < -0.4 is 5.32 Å². The minimum absolute atomic E-state index is 0.221. The molecule has 0 atom stereocenters. The largest absolute Gasteiger partial charge is 0.320 e. The van der Waals surface area contributed by atoms with E-state index >= 15 is 0 Å². The summed E-state index contributed by atoms with van der Waals surface area (Å²) in [6.45, 7) is 0. The van der Waals surface area contributed by atoms with Crippen LogP contribution in [0.4, 0.5) is 5.69 Å². The molecule has 0 fully saturated rings. The molecule has 110 valence electrons. The SMILES string of the molecule is O=C1Nc2ccccc2/C1=N/N=C/c1cccc2ccccc12. The summed E-state index contributed by atoms with van der Waals surface area (Å²) in [6.07, 6.45) is 1.68. The van der Waals surface area contributed by atoms with Crippen molar-refractivity contribution in [3.05, 3.63) is 77.9 Å². The van der Waals surface area contributed by atoms with Crippen LogP contribution in [0.3, 0.4) is 0 Å². The molecular formula is C19H13N3O. The lowest BCUT2D eigenvalue weighted by atomic mass is 10.1. The Labute approximate surface area is 133 Å². The normalized spacial score (nSPS) is 15.3. The summed E-state index contributed by atoms with van der Waals surface area (Å²) < 4.78 is 0. The molecule has 4 nitrogen and oxygen atoms in total. The van der Waals surface area contributed by atoms with Crippen LogP contribution >= 0.6 is 0 Å². The van der Waals surface area contributed by atoms with Crippen LogP contribution in [-0.2, 0) is 4.79 Å². The monoisotopic (exact) mass is 299 g/mol. The van der Waals surface area contributed by atoms with E-state index in [4.69, 9.17) is 0 Å². The van der Waals surface area contributed by atoms with Crippen molar-refractivity contribution in [1.82, 2.24) is 0 Å². The Morgan fingerprint density at radius 1 is 0.870 bits per heavy atom. The van der Waals surface area contributed by atoms with Gasteiger partial charge in [-0.05, 0) is 16.8 Å². The van der Waals surface area contributed by atoms with E-state index < -0.39 is 0 Å². The third kappa shape index (κ3) is 2.40. The molecule has 3 aromatic carbocycles. The number of fused-ring (bicyclic) bond motifs is 2. The fourth-order valence-corrected chi connectivity index (χ4v) is 2.71. The fourth-order valence-electron chi connectivity index (χ4n) is 2.71. The molecule has 23 heavy (non-hydrogen) atoms. The first-order chi connectivity index (χ1) is 11.3. The highest BCUT2D eigenvalue weighted by Gasteiger charge is 2.25. The van der Waals surface area contributed by atoms with E-state index in [2.05, 4.69) is 27.7 Å². The molecule has 3 aromatic rings. The molecule has 1 aliphatic heterocycles. The Morgan fingerprint density at radius 2 is 1.65 bits per heavy atom. The van der Waals surface area contributed by atoms with E-state index in [0.29, 0.717) is 5.71 Å². The van der Waals surface area contributed by atoms with Gasteiger partial charge in [-0.1, -0.05) is 60.7 Å². The summed E-state index contributed by atoms with van der Waals surface area (Å²) in [5.41, 5.74) is 2.88. The van der Waals surface area contributed by atoms with Crippen molar-refractivity contribution in [1.29, 1.82) is 0 Å². The molecular weight excluding hydrogens is 286 g/mol. The second-order valence-corrected chi connectivity index (χ2v) is 5.26. The zero-order valence-electron chi connectivity index (χ0n) is 12.2. The number of nitrogens with one attached hydrogen (secondary N) is 1. The average molecular weight is 299 g/mol. The third-order valence-corrected chi connectivity index (χ3v) is 3.82. The average Bonchev–Trinajstić information content (AvgIpc) is 2.91. The molecule has 1 aliphatic rings. The van der Waals surface area contributed by atoms with E-state index in [9.17, 15) is 4.79 Å². The van der Waals surface area contributed by atoms with Crippen LogP contribution in [0.2, 0.25) is 0 Å². The Morgan fingerprint density at radius 3 is 2.61 bits per heavy atom. The number of carbonyl (C=O) groups is 1. The first kappa shape index (κ1) is 13.4. The van der Waals surface area contributed by atoms with Crippen molar-refractivity contribution < 1.29 is 4.79 Å². The van der Waals surface area contributed by atoms with E-state index in [1.54, 1.807) is 6.21 Å². The second-order valence-electron chi connectivity index (χ2n) is 5.26. The Kier molecular flexibility index (Phi) is 3.20. The minimum Gasteiger partial charge on any atom is -0.320 e. The van der Waals surface area contributed by atoms with Crippen LogP contribution in [0.15, 0.2) is 76.9 Å². The number of rotatable bonds is 2. The zero-order valence-corrected chi connectivity index (χ0v) is 12.2. The number of amides is 1. The van der Waals surface area contributed by atoms with Crippen molar-refractivity contribution in [2.24, 2.45) is 10.2 Å². The standard InChI is InChI=1S/C19H13N3O/c23-19-18(16-10-3-4-11-17(16)21-19)22-20-12-14-8-5-7-13-6-1-2-9-15(13)14/h1-12H,(H,21,22,23)/b20-12+. The molecule has 0 unspecified atom stereocenters. The molecule has 1 heterocycles. The molecule has 0 radical (unpaired) electrons. The van der Waals surface area contributed by atoms with Crippen molar-refractivity contribution >= 4 is 34.3 Å². The van der Waals surface area contributed by atoms with Gasteiger partial charge in [0.1, 0.15) is 0 Å². The summed E-state index contributed by atoms with van der Waals surface area (Å²) in [4.78, 5) is 12.0. The van der Waals surface area contributed by atoms with Crippen LogP contribution in [0.1, 0.15) is 11.1 Å². The molecule has 0 bridgehead atoms. The summed E-state index contributed by atoms with van der Waals surface area (Å²) in [5, 5.41) is 13.3. The quantitative estimate of drug-likeness (QED) is 0.570. The van der Waals surface area contributed by atoms with Gasteiger partial charge in [0.2, 0.25) is 0 Å². The van der Waals surface area contributed by atoms with Gasteiger partial charge in [-0.25, -0.2) is 0 Å². The first-order valence-corrected chi connectivity index (χ1v) is 7.32. The lowest BCUT2D eigenvalue weighted by molar-refractivity contribution is -0.110. The Bertz CT molecular complexity index is 968. The maximum Gasteiger partial charge on any atom is 0.276 e. The Balaban J connectivity index is 1.71. The summed E-state index contributed by atoms with van der Waals surface area (Å²) in [5.74, 6) is -0.221. The van der Waals surface area contributed by atoms with Crippen LogP contribution in [0.5, 0.6) is 0 Å². The number of hydrogen-bond acceptors (Lipinski definition) is 3. The Hall–Kier alpha value is -3.27. The number of para-hydroxylation sites is 1. The van der Waals surface area contributed by atoms with E-state index in [0.717, 1.165) is 27.6 Å². The predicted octanol–water partition coefficient (Wildman–Crippen LogP) is 3.62. The van der Waals surface area contributed by atoms with Crippen LogP contribution in [0.25, 0.3) is 10.8 Å². The smallest absolute Gasteiger partial charge is 0.276 e. The van der Waals surface area contributed by atoms with Crippen molar-refractivity contribution in [2.45, 2.75) is 0 Å².